The Bertz CT molecular complexity index is 290. The number of carbonyl (C=O) groups is 2. The van der Waals surface area contributed by atoms with Crippen molar-refractivity contribution in [2.45, 2.75) is 0 Å². The molecule has 1 saturated heterocycles. The zero-order valence-electron chi connectivity index (χ0n) is 10.3. The predicted octanol–water partition coefficient (Wildman–Crippen LogP) is 1.25. The van der Waals surface area contributed by atoms with Crippen molar-refractivity contribution in [1.82, 2.24) is 9.80 Å². The lowest BCUT2D eigenvalue weighted by Gasteiger charge is -2.33. The van der Waals surface area contributed by atoms with E-state index < -0.39 is 0 Å². The highest BCUT2D eigenvalue weighted by Crippen LogP contribution is 2.05. The van der Waals surface area contributed by atoms with Crippen LogP contribution in [0.3, 0.4) is 0 Å². The third-order valence-electron chi connectivity index (χ3n) is 2.45. The summed E-state index contributed by atoms with van der Waals surface area (Å²) in [6.45, 7) is 9.10. The molecule has 1 heterocycles. The summed E-state index contributed by atoms with van der Waals surface area (Å²) in [7, 11) is 0. The molecule has 1 aliphatic rings. The van der Waals surface area contributed by atoms with Crippen LogP contribution in [0.1, 0.15) is 0 Å². The third-order valence-corrected chi connectivity index (χ3v) is 2.45. The van der Waals surface area contributed by atoms with Gasteiger partial charge in [-0.2, -0.15) is 0 Å². The third kappa shape index (κ3) is 4.12. The van der Waals surface area contributed by atoms with Crippen molar-refractivity contribution in [2.24, 2.45) is 0 Å². The molecule has 0 aliphatic carbocycles. The second-order valence-electron chi connectivity index (χ2n) is 3.71. The van der Waals surface area contributed by atoms with Gasteiger partial charge in [0.1, 0.15) is 13.2 Å². The summed E-state index contributed by atoms with van der Waals surface area (Å²) < 4.78 is 9.82. The van der Waals surface area contributed by atoms with Crippen LogP contribution in [0.2, 0.25) is 0 Å². The fraction of sp³-hybridized carbons (Fsp3) is 0.500. The highest BCUT2D eigenvalue weighted by Gasteiger charge is 2.25. The van der Waals surface area contributed by atoms with Crippen molar-refractivity contribution in [3.63, 3.8) is 0 Å². The van der Waals surface area contributed by atoms with Gasteiger partial charge in [0.25, 0.3) is 0 Å². The molecule has 0 bridgehead atoms. The number of nitrogens with zero attached hydrogens (tertiary/aromatic N) is 2. The van der Waals surface area contributed by atoms with Crippen LogP contribution in [0.25, 0.3) is 0 Å². The van der Waals surface area contributed by atoms with Gasteiger partial charge in [-0.3, -0.25) is 0 Å². The van der Waals surface area contributed by atoms with E-state index in [4.69, 9.17) is 9.47 Å². The molecule has 18 heavy (non-hydrogen) atoms. The Labute approximate surface area is 106 Å². The van der Waals surface area contributed by atoms with Crippen molar-refractivity contribution >= 4 is 12.2 Å². The molecular weight excluding hydrogens is 236 g/mol. The van der Waals surface area contributed by atoms with E-state index in [-0.39, 0.29) is 25.4 Å². The lowest BCUT2D eigenvalue weighted by Crippen LogP contribution is -2.50. The molecule has 0 radical (unpaired) electrons. The van der Waals surface area contributed by atoms with E-state index in [9.17, 15) is 9.59 Å². The van der Waals surface area contributed by atoms with Crippen molar-refractivity contribution < 1.29 is 19.1 Å². The van der Waals surface area contributed by atoms with Gasteiger partial charge in [0.05, 0.1) is 0 Å². The van der Waals surface area contributed by atoms with Crippen LogP contribution in [0, 0.1) is 0 Å². The van der Waals surface area contributed by atoms with Crippen LogP contribution >= 0.6 is 0 Å². The fourth-order valence-electron chi connectivity index (χ4n) is 1.51. The maximum atomic E-state index is 11.5. The summed E-state index contributed by atoms with van der Waals surface area (Å²) in [5.74, 6) is 0. The zero-order valence-corrected chi connectivity index (χ0v) is 10.3. The molecule has 1 fully saturated rings. The summed E-state index contributed by atoms with van der Waals surface area (Å²) in [5, 5.41) is 0. The molecule has 0 unspecified atom stereocenters. The van der Waals surface area contributed by atoms with Crippen molar-refractivity contribution in [3.05, 3.63) is 25.3 Å². The van der Waals surface area contributed by atoms with Gasteiger partial charge in [-0.1, -0.05) is 25.3 Å². The van der Waals surface area contributed by atoms with Gasteiger partial charge in [0.2, 0.25) is 0 Å². The normalized spacial score (nSPS) is 14.9. The number of ether oxygens (including phenoxy) is 2. The van der Waals surface area contributed by atoms with Crippen LogP contribution in [-0.4, -0.2) is 61.4 Å². The van der Waals surface area contributed by atoms with E-state index in [1.807, 2.05) is 0 Å². The van der Waals surface area contributed by atoms with Crippen molar-refractivity contribution in [2.75, 3.05) is 39.4 Å². The Kier molecular flexibility index (Phi) is 5.76. The second kappa shape index (κ2) is 7.37. The zero-order chi connectivity index (χ0) is 13.4. The Hall–Kier alpha value is -1.98. The van der Waals surface area contributed by atoms with Gasteiger partial charge < -0.3 is 19.3 Å². The van der Waals surface area contributed by atoms with Gasteiger partial charge in [0.15, 0.2) is 0 Å². The monoisotopic (exact) mass is 254 g/mol. The number of piperazine rings is 1. The molecule has 100 valence electrons. The summed E-state index contributed by atoms with van der Waals surface area (Å²) in [4.78, 5) is 26.1. The Morgan fingerprint density at radius 1 is 0.889 bits per heavy atom. The number of hydrogen-bond acceptors (Lipinski definition) is 4. The molecule has 0 aromatic rings. The number of rotatable bonds is 4. The molecular formula is C12H18N2O4. The predicted molar refractivity (Wildman–Crippen MR) is 66.2 cm³/mol. The SMILES string of the molecule is C=CCOC(=O)N1CCN(C(=O)OCC=C)CC1. The minimum atomic E-state index is -0.381. The highest BCUT2D eigenvalue weighted by molar-refractivity contribution is 5.70. The molecule has 0 spiro atoms. The van der Waals surface area contributed by atoms with Crippen molar-refractivity contribution in [1.29, 1.82) is 0 Å². The average molecular weight is 254 g/mol. The average Bonchev–Trinajstić information content (AvgIpc) is 2.42. The first-order chi connectivity index (χ1) is 8.69. The first kappa shape index (κ1) is 14.1. The second-order valence-corrected chi connectivity index (χ2v) is 3.71. The molecule has 0 aromatic carbocycles. The number of carbonyl (C=O) groups excluding carboxylic acids is 2. The fourth-order valence-corrected chi connectivity index (χ4v) is 1.51. The summed E-state index contributed by atoms with van der Waals surface area (Å²) in [6, 6.07) is 0. The number of hydrogen-bond donors (Lipinski definition) is 0. The van der Waals surface area contributed by atoms with Gasteiger partial charge in [-0.05, 0) is 0 Å². The maximum Gasteiger partial charge on any atom is 0.410 e. The van der Waals surface area contributed by atoms with E-state index in [1.165, 1.54) is 12.2 Å². The molecule has 1 rings (SSSR count). The lowest BCUT2D eigenvalue weighted by molar-refractivity contribution is 0.0682. The van der Waals surface area contributed by atoms with E-state index in [2.05, 4.69) is 13.2 Å². The van der Waals surface area contributed by atoms with Gasteiger partial charge in [-0.25, -0.2) is 9.59 Å². The van der Waals surface area contributed by atoms with Gasteiger partial charge >= 0.3 is 12.2 Å². The molecule has 0 atom stereocenters. The summed E-state index contributed by atoms with van der Waals surface area (Å²) >= 11 is 0. The molecule has 0 saturated carbocycles. The summed E-state index contributed by atoms with van der Waals surface area (Å²) in [6.07, 6.45) is 2.27. The molecule has 1 aliphatic heterocycles. The van der Waals surface area contributed by atoms with Crippen LogP contribution in [-0.2, 0) is 9.47 Å². The largest absolute Gasteiger partial charge is 0.445 e. The first-order valence-electron chi connectivity index (χ1n) is 5.74. The maximum absolute atomic E-state index is 11.5. The minimum Gasteiger partial charge on any atom is -0.445 e. The topological polar surface area (TPSA) is 59.1 Å². The highest BCUT2D eigenvalue weighted by atomic mass is 16.6. The van der Waals surface area contributed by atoms with Gasteiger partial charge in [-0.15, -0.1) is 0 Å². The van der Waals surface area contributed by atoms with Crippen LogP contribution in [0.5, 0.6) is 0 Å². The van der Waals surface area contributed by atoms with E-state index >= 15 is 0 Å². The Morgan fingerprint density at radius 2 is 1.22 bits per heavy atom. The number of amides is 2. The van der Waals surface area contributed by atoms with Gasteiger partial charge in [0, 0.05) is 26.2 Å². The van der Waals surface area contributed by atoms with E-state index in [0.717, 1.165) is 0 Å². The van der Waals surface area contributed by atoms with Crippen molar-refractivity contribution in [3.8, 4) is 0 Å². The molecule has 6 nitrogen and oxygen atoms in total. The van der Waals surface area contributed by atoms with Crippen LogP contribution < -0.4 is 0 Å². The lowest BCUT2D eigenvalue weighted by atomic mass is 10.3. The summed E-state index contributed by atoms with van der Waals surface area (Å²) in [5.41, 5.74) is 0. The molecule has 6 heteroatoms. The van der Waals surface area contributed by atoms with Crippen LogP contribution in [0.4, 0.5) is 9.59 Å². The Morgan fingerprint density at radius 3 is 1.50 bits per heavy atom. The quantitative estimate of drug-likeness (QED) is 0.708. The minimum absolute atomic E-state index is 0.195. The molecule has 2 amide bonds. The molecule has 0 aromatic heterocycles. The van der Waals surface area contributed by atoms with Crippen LogP contribution in [0.15, 0.2) is 25.3 Å². The first-order valence-corrected chi connectivity index (χ1v) is 5.74. The van der Waals surface area contributed by atoms with E-state index in [0.29, 0.717) is 26.2 Å². The van der Waals surface area contributed by atoms with E-state index in [1.54, 1.807) is 9.80 Å². The molecule has 0 N–H and O–H groups in total. The Balaban J connectivity index is 2.31. The smallest absolute Gasteiger partial charge is 0.410 e. The standard InChI is InChI=1S/C12H18N2O4/c1-3-9-17-11(15)13-5-7-14(8-6-13)12(16)18-10-4-2/h3-4H,1-2,5-10H2.